The van der Waals surface area contributed by atoms with Crippen molar-refractivity contribution in [2.75, 3.05) is 5.32 Å². The van der Waals surface area contributed by atoms with Crippen molar-refractivity contribution < 1.29 is 27.5 Å². The molecule has 5 nitrogen and oxygen atoms in total. The zero-order chi connectivity index (χ0) is 18.2. The van der Waals surface area contributed by atoms with Crippen molar-refractivity contribution in [2.24, 2.45) is 4.99 Å². The molecule has 1 aliphatic rings. The van der Waals surface area contributed by atoms with Crippen molar-refractivity contribution >= 4 is 17.9 Å². The summed E-state index contributed by atoms with van der Waals surface area (Å²) in [6.45, 7) is 4.91. The summed E-state index contributed by atoms with van der Waals surface area (Å²) in [6, 6.07) is 2.94. The maximum absolute atomic E-state index is 12.9. The van der Waals surface area contributed by atoms with Gasteiger partial charge in [-0.15, -0.1) is 0 Å². The van der Waals surface area contributed by atoms with Crippen LogP contribution in [-0.2, 0) is 21.2 Å². The number of hydrogen-bond acceptors (Lipinski definition) is 4. The molecule has 1 fully saturated rings. The van der Waals surface area contributed by atoms with Crippen LogP contribution in [0, 0.1) is 0 Å². The summed E-state index contributed by atoms with van der Waals surface area (Å²) < 4.78 is 43.9. The molecular weight excluding hydrogens is 325 g/mol. The Morgan fingerprint density at radius 3 is 2.38 bits per heavy atom. The summed E-state index contributed by atoms with van der Waals surface area (Å²) in [4.78, 5) is 26.2. The first-order valence-corrected chi connectivity index (χ1v) is 7.28. The number of carbonyl (C=O) groups is 1. The highest BCUT2D eigenvalue weighted by Crippen LogP contribution is 2.52. The van der Waals surface area contributed by atoms with Crippen molar-refractivity contribution in [2.45, 2.75) is 50.9 Å². The first-order valence-electron chi connectivity index (χ1n) is 7.28. The Kier molecular flexibility index (Phi) is 4.46. The van der Waals surface area contributed by atoms with Crippen LogP contribution in [0.1, 0.15) is 44.7 Å². The van der Waals surface area contributed by atoms with Gasteiger partial charge in [0.15, 0.2) is 0 Å². The lowest BCUT2D eigenvalue weighted by Crippen LogP contribution is -2.28. The molecule has 24 heavy (non-hydrogen) atoms. The quantitative estimate of drug-likeness (QED) is 0.655. The summed E-state index contributed by atoms with van der Waals surface area (Å²) in [7, 11) is 0. The number of hydrogen-bond donors (Lipinski definition) is 1. The maximum atomic E-state index is 12.9. The summed E-state index contributed by atoms with van der Waals surface area (Å²) in [5.41, 5.74) is -2.37. The fourth-order valence-electron chi connectivity index (χ4n) is 2.29. The molecule has 1 saturated carbocycles. The molecule has 1 aliphatic carbocycles. The fourth-order valence-corrected chi connectivity index (χ4v) is 2.29. The lowest BCUT2D eigenvalue weighted by Gasteiger charge is -2.22. The van der Waals surface area contributed by atoms with E-state index in [1.807, 2.05) is 0 Å². The van der Waals surface area contributed by atoms with E-state index in [9.17, 15) is 22.8 Å². The molecule has 0 aliphatic heterocycles. The maximum Gasteiger partial charge on any atom is 0.416 e. The van der Waals surface area contributed by atoms with Crippen molar-refractivity contribution in [3.8, 4) is 0 Å². The van der Waals surface area contributed by atoms with Gasteiger partial charge in [-0.25, -0.2) is 9.59 Å². The number of halogens is 3. The molecule has 0 radical (unpaired) electrons. The zero-order valence-corrected chi connectivity index (χ0v) is 13.5. The number of benzene rings is 1. The second-order valence-electron chi connectivity index (χ2n) is 6.62. The zero-order valence-electron chi connectivity index (χ0n) is 13.5. The molecule has 0 saturated heterocycles. The van der Waals surface area contributed by atoms with Crippen molar-refractivity contribution in [3.63, 3.8) is 0 Å². The highest BCUT2D eigenvalue weighted by atomic mass is 19.4. The SMILES string of the molecule is CC(C)(C)OC(=O)Nc1cc(C(F)(F)F)ccc1C1(N=C=O)CC1. The fraction of sp³-hybridized carbons (Fsp3) is 0.500. The van der Waals surface area contributed by atoms with Crippen molar-refractivity contribution in [1.82, 2.24) is 0 Å². The van der Waals surface area contributed by atoms with Crippen LogP contribution in [0.25, 0.3) is 0 Å². The highest BCUT2D eigenvalue weighted by Gasteiger charge is 2.47. The number of anilines is 1. The molecule has 0 spiro atoms. The highest BCUT2D eigenvalue weighted by molar-refractivity contribution is 5.86. The molecule has 130 valence electrons. The van der Waals surface area contributed by atoms with Gasteiger partial charge < -0.3 is 4.74 Å². The topological polar surface area (TPSA) is 67.8 Å². The number of amides is 1. The number of ether oxygens (including phenoxy) is 1. The van der Waals surface area contributed by atoms with E-state index in [4.69, 9.17) is 4.74 Å². The van der Waals surface area contributed by atoms with E-state index in [0.29, 0.717) is 18.4 Å². The third kappa shape index (κ3) is 4.14. The van der Waals surface area contributed by atoms with E-state index in [1.54, 1.807) is 20.8 Å². The number of nitrogens with one attached hydrogen (secondary N) is 1. The first-order chi connectivity index (χ1) is 11.0. The van der Waals surface area contributed by atoms with E-state index < -0.39 is 29.0 Å². The van der Waals surface area contributed by atoms with E-state index >= 15 is 0 Å². The van der Waals surface area contributed by atoms with E-state index in [-0.39, 0.29) is 5.69 Å². The second kappa shape index (κ2) is 5.94. The van der Waals surface area contributed by atoms with Crippen LogP contribution in [0.5, 0.6) is 0 Å². The number of rotatable bonds is 3. The van der Waals surface area contributed by atoms with Crippen LogP contribution >= 0.6 is 0 Å². The van der Waals surface area contributed by atoms with E-state index in [0.717, 1.165) is 12.1 Å². The summed E-state index contributed by atoms with van der Waals surface area (Å²) in [5.74, 6) is 0. The Labute approximate surface area is 136 Å². The average Bonchev–Trinajstić information content (AvgIpc) is 3.16. The molecule has 1 aromatic rings. The van der Waals surface area contributed by atoms with Crippen molar-refractivity contribution in [1.29, 1.82) is 0 Å². The van der Waals surface area contributed by atoms with Gasteiger partial charge in [0.05, 0.1) is 11.3 Å². The lowest BCUT2D eigenvalue weighted by molar-refractivity contribution is -0.137. The number of carbonyl (C=O) groups excluding carboxylic acids is 2. The van der Waals surface area contributed by atoms with Crippen LogP contribution in [-0.4, -0.2) is 17.8 Å². The van der Waals surface area contributed by atoms with E-state index in [1.165, 1.54) is 12.1 Å². The summed E-state index contributed by atoms with van der Waals surface area (Å²) in [5, 5.41) is 2.33. The largest absolute Gasteiger partial charge is 0.444 e. The first kappa shape index (κ1) is 18.0. The average molecular weight is 342 g/mol. The van der Waals surface area contributed by atoms with Gasteiger partial charge in [-0.05, 0) is 45.7 Å². The normalized spacial score (nSPS) is 16.1. The van der Waals surface area contributed by atoms with Gasteiger partial charge in [-0.2, -0.15) is 18.2 Å². The molecule has 8 heteroatoms. The number of isocyanates is 1. The van der Waals surface area contributed by atoms with Gasteiger partial charge in [0.2, 0.25) is 6.08 Å². The Balaban J connectivity index is 2.41. The van der Waals surface area contributed by atoms with Gasteiger partial charge in [0.25, 0.3) is 0 Å². The van der Waals surface area contributed by atoms with Crippen LogP contribution in [0.2, 0.25) is 0 Å². The Bertz CT molecular complexity index is 697. The van der Waals surface area contributed by atoms with Gasteiger partial charge in [-0.1, -0.05) is 6.07 Å². The van der Waals surface area contributed by atoms with Gasteiger partial charge in [-0.3, -0.25) is 5.32 Å². The summed E-state index contributed by atoms with van der Waals surface area (Å²) in [6.07, 6.45) is -3.01. The Morgan fingerprint density at radius 2 is 1.92 bits per heavy atom. The van der Waals surface area contributed by atoms with Crippen LogP contribution in [0.15, 0.2) is 23.2 Å². The molecule has 0 aromatic heterocycles. The standard InChI is InChI=1S/C16H17F3N2O3/c1-14(2,3)24-13(23)21-12-8-10(16(17,18)19)4-5-11(12)15(6-7-15)20-9-22/h4-5,8H,6-7H2,1-3H3,(H,21,23). The second-order valence-corrected chi connectivity index (χ2v) is 6.62. The van der Waals surface area contributed by atoms with Gasteiger partial charge >= 0.3 is 12.3 Å². The molecule has 0 unspecified atom stereocenters. The molecule has 1 aromatic carbocycles. The van der Waals surface area contributed by atoms with Gasteiger partial charge in [0, 0.05) is 5.56 Å². The predicted molar refractivity (Wildman–Crippen MR) is 80.3 cm³/mol. The van der Waals surface area contributed by atoms with Crippen LogP contribution in [0.4, 0.5) is 23.7 Å². The number of aliphatic imine (C=N–C) groups is 1. The lowest BCUT2D eigenvalue weighted by atomic mass is 10.0. The minimum atomic E-state index is -4.56. The Hall–Kier alpha value is -2.34. The van der Waals surface area contributed by atoms with Gasteiger partial charge in [0.1, 0.15) is 11.1 Å². The minimum absolute atomic E-state index is 0.0735. The monoisotopic (exact) mass is 342 g/mol. The molecule has 1 N–H and O–H groups in total. The summed E-state index contributed by atoms with van der Waals surface area (Å²) >= 11 is 0. The molecule has 2 rings (SSSR count). The van der Waals surface area contributed by atoms with Crippen molar-refractivity contribution in [3.05, 3.63) is 29.3 Å². The smallest absolute Gasteiger partial charge is 0.416 e. The molecule has 1 amide bonds. The molecule has 0 heterocycles. The predicted octanol–water partition coefficient (Wildman–Crippen LogP) is 4.38. The van der Waals surface area contributed by atoms with Crippen LogP contribution < -0.4 is 5.32 Å². The minimum Gasteiger partial charge on any atom is -0.444 e. The number of alkyl halides is 3. The molecule has 0 bridgehead atoms. The van der Waals surface area contributed by atoms with Crippen LogP contribution in [0.3, 0.4) is 0 Å². The Morgan fingerprint density at radius 1 is 1.29 bits per heavy atom. The third-order valence-electron chi connectivity index (χ3n) is 3.47. The number of nitrogens with zero attached hydrogens (tertiary/aromatic N) is 1. The molecular formula is C16H17F3N2O3. The molecule has 0 atom stereocenters. The third-order valence-corrected chi connectivity index (χ3v) is 3.47. The van der Waals surface area contributed by atoms with E-state index in [2.05, 4.69) is 10.3 Å².